The molecule has 5 heteroatoms. The van der Waals surface area contributed by atoms with Crippen molar-refractivity contribution >= 4 is 11.6 Å². The summed E-state index contributed by atoms with van der Waals surface area (Å²) in [6.45, 7) is 1.84. The first-order chi connectivity index (χ1) is 9.47. The van der Waals surface area contributed by atoms with Gasteiger partial charge in [0.2, 0.25) is 0 Å². The average molecular weight is 276 g/mol. The summed E-state index contributed by atoms with van der Waals surface area (Å²) in [6.07, 6.45) is 0. The van der Waals surface area contributed by atoms with Gasteiger partial charge in [0.25, 0.3) is 5.91 Å². The molecule has 1 amide bonds. The van der Waals surface area contributed by atoms with Crippen LogP contribution in [-0.4, -0.2) is 5.91 Å². The number of hydrogen-bond acceptors (Lipinski definition) is 2. The smallest absolute Gasteiger partial charge is 0.253 e. The zero-order valence-corrected chi connectivity index (χ0v) is 10.9. The van der Waals surface area contributed by atoms with E-state index < -0.39 is 17.5 Å². The Morgan fingerprint density at radius 1 is 1.20 bits per heavy atom. The predicted molar refractivity (Wildman–Crippen MR) is 73.1 cm³/mol. The second-order valence-corrected chi connectivity index (χ2v) is 4.51. The number of nitrogens with two attached hydrogens (primary N) is 1. The molecule has 0 fully saturated rings. The Morgan fingerprint density at radius 3 is 2.60 bits per heavy atom. The Labute approximate surface area is 115 Å². The standard InChI is InChI=1S/C15H14F2N2O/c1-9-2-5-12(14(18)6-9)15(20)19-8-10-3-4-11(16)7-13(10)17/h2-7H,8,18H2,1H3,(H,19,20). The molecule has 0 radical (unpaired) electrons. The van der Waals surface area contributed by atoms with Crippen LogP contribution in [0.2, 0.25) is 0 Å². The van der Waals surface area contributed by atoms with Gasteiger partial charge in [-0.3, -0.25) is 4.79 Å². The summed E-state index contributed by atoms with van der Waals surface area (Å²) in [7, 11) is 0. The molecule has 0 aliphatic rings. The van der Waals surface area contributed by atoms with Gasteiger partial charge in [0.1, 0.15) is 11.6 Å². The molecule has 0 spiro atoms. The van der Waals surface area contributed by atoms with Crippen LogP contribution in [0.4, 0.5) is 14.5 Å². The van der Waals surface area contributed by atoms with E-state index in [1.165, 1.54) is 6.07 Å². The number of halogens is 2. The normalized spacial score (nSPS) is 10.3. The number of nitrogen functional groups attached to an aromatic ring is 1. The van der Waals surface area contributed by atoms with Crippen LogP contribution in [0.1, 0.15) is 21.5 Å². The van der Waals surface area contributed by atoms with Crippen LogP contribution in [0.5, 0.6) is 0 Å². The Morgan fingerprint density at radius 2 is 1.95 bits per heavy atom. The van der Waals surface area contributed by atoms with Gasteiger partial charge in [0.05, 0.1) is 5.56 Å². The van der Waals surface area contributed by atoms with Gasteiger partial charge in [-0.15, -0.1) is 0 Å². The molecule has 20 heavy (non-hydrogen) atoms. The first-order valence-electron chi connectivity index (χ1n) is 6.05. The highest BCUT2D eigenvalue weighted by molar-refractivity contribution is 5.99. The Bertz CT molecular complexity index is 656. The van der Waals surface area contributed by atoms with Crippen molar-refractivity contribution in [2.75, 3.05) is 5.73 Å². The van der Waals surface area contributed by atoms with Crippen LogP contribution >= 0.6 is 0 Å². The highest BCUT2D eigenvalue weighted by Crippen LogP contribution is 2.14. The van der Waals surface area contributed by atoms with Gasteiger partial charge >= 0.3 is 0 Å². The van der Waals surface area contributed by atoms with Crippen LogP contribution in [-0.2, 0) is 6.54 Å². The second kappa shape index (κ2) is 5.69. The lowest BCUT2D eigenvalue weighted by Crippen LogP contribution is -2.24. The molecule has 0 aliphatic carbocycles. The molecular formula is C15H14F2N2O. The van der Waals surface area contributed by atoms with E-state index in [2.05, 4.69) is 5.32 Å². The SMILES string of the molecule is Cc1ccc(C(=O)NCc2ccc(F)cc2F)c(N)c1. The highest BCUT2D eigenvalue weighted by Gasteiger charge is 2.10. The average Bonchev–Trinajstić information content (AvgIpc) is 2.37. The molecule has 0 saturated carbocycles. The molecule has 2 rings (SSSR count). The molecule has 3 N–H and O–H groups in total. The minimum atomic E-state index is -0.692. The maximum atomic E-state index is 13.4. The minimum absolute atomic E-state index is 0.0295. The summed E-state index contributed by atoms with van der Waals surface area (Å²) in [4.78, 5) is 11.9. The molecular weight excluding hydrogens is 262 g/mol. The molecule has 0 saturated heterocycles. The van der Waals surface area contributed by atoms with Crippen LogP contribution < -0.4 is 11.1 Å². The van der Waals surface area contributed by atoms with Gasteiger partial charge in [-0.2, -0.15) is 0 Å². The lowest BCUT2D eigenvalue weighted by atomic mass is 10.1. The predicted octanol–water partition coefficient (Wildman–Crippen LogP) is 2.79. The lowest BCUT2D eigenvalue weighted by molar-refractivity contribution is 0.0951. The molecule has 0 aliphatic heterocycles. The second-order valence-electron chi connectivity index (χ2n) is 4.51. The van der Waals surface area contributed by atoms with E-state index in [1.807, 2.05) is 6.92 Å². The van der Waals surface area contributed by atoms with Crippen LogP contribution in [0.3, 0.4) is 0 Å². The number of benzene rings is 2. The van der Waals surface area contributed by atoms with Crippen molar-refractivity contribution in [3.05, 3.63) is 64.7 Å². The molecule has 0 aromatic heterocycles. The van der Waals surface area contributed by atoms with E-state index in [4.69, 9.17) is 5.73 Å². The number of nitrogens with one attached hydrogen (secondary N) is 1. The quantitative estimate of drug-likeness (QED) is 0.847. The molecule has 2 aromatic carbocycles. The van der Waals surface area contributed by atoms with Crippen molar-refractivity contribution in [1.82, 2.24) is 5.32 Å². The van der Waals surface area contributed by atoms with Crippen molar-refractivity contribution in [1.29, 1.82) is 0 Å². The summed E-state index contributed by atoms with van der Waals surface area (Å²) < 4.78 is 26.2. The minimum Gasteiger partial charge on any atom is -0.398 e. The van der Waals surface area contributed by atoms with Crippen LogP contribution in [0.15, 0.2) is 36.4 Å². The number of rotatable bonds is 3. The first-order valence-corrected chi connectivity index (χ1v) is 6.05. The molecule has 2 aromatic rings. The van der Waals surface area contributed by atoms with Crippen LogP contribution in [0, 0.1) is 18.6 Å². The van der Waals surface area contributed by atoms with Crippen molar-refractivity contribution in [3.8, 4) is 0 Å². The third kappa shape index (κ3) is 3.12. The van der Waals surface area contributed by atoms with Gasteiger partial charge in [0.15, 0.2) is 0 Å². The third-order valence-electron chi connectivity index (χ3n) is 2.91. The van der Waals surface area contributed by atoms with E-state index in [1.54, 1.807) is 18.2 Å². The fourth-order valence-corrected chi connectivity index (χ4v) is 1.82. The van der Waals surface area contributed by atoms with E-state index in [0.29, 0.717) is 11.3 Å². The Kier molecular flexibility index (Phi) is 3.98. The maximum absolute atomic E-state index is 13.4. The zero-order valence-electron chi connectivity index (χ0n) is 10.9. The number of anilines is 1. The van der Waals surface area contributed by atoms with Gasteiger partial charge in [-0.1, -0.05) is 12.1 Å². The van der Waals surface area contributed by atoms with Crippen molar-refractivity contribution < 1.29 is 13.6 Å². The number of aryl methyl sites for hydroxylation is 1. The first kappa shape index (κ1) is 14.0. The largest absolute Gasteiger partial charge is 0.398 e. The van der Waals surface area contributed by atoms with Gasteiger partial charge in [-0.25, -0.2) is 8.78 Å². The number of carbonyl (C=O) groups is 1. The number of amides is 1. The lowest BCUT2D eigenvalue weighted by Gasteiger charge is -2.09. The van der Waals surface area contributed by atoms with Gasteiger partial charge < -0.3 is 11.1 Å². The molecule has 0 heterocycles. The fraction of sp³-hybridized carbons (Fsp3) is 0.133. The summed E-state index contributed by atoms with van der Waals surface area (Å²) in [6, 6.07) is 8.29. The number of carbonyl (C=O) groups excluding carboxylic acids is 1. The number of hydrogen-bond donors (Lipinski definition) is 2. The van der Waals surface area contributed by atoms with Gasteiger partial charge in [0, 0.05) is 23.9 Å². The molecule has 0 bridgehead atoms. The highest BCUT2D eigenvalue weighted by atomic mass is 19.1. The summed E-state index contributed by atoms with van der Waals surface area (Å²) in [5, 5.41) is 2.55. The van der Waals surface area contributed by atoms with E-state index in [0.717, 1.165) is 17.7 Å². The molecule has 0 atom stereocenters. The monoisotopic (exact) mass is 276 g/mol. The topological polar surface area (TPSA) is 55.1 Å². The maximum Gasteiger partial charge on any atom is 0.253 e. The molecule has 0 unspecified atom stereocenters. The Balaban J connectivity index is 2.08. The van der Waals surface area contributed by atoms with E-state index in [9.17, 15) is 13.6 Å². The van der Waals surface area contributed by atoms with Crippen LogP contribution in [0.25, 0.3) is 0 Å². The van der Waals surface area contributed by atoms with Gasteiger partial charge in [-0.05, 0) is 30.7 Å². The molecule has 3 nitrogen and oxygen atoms in total. The summed E-state index contributed by atoms with van der Waals surface area (Å²) in [5.41, 5.74) is 7.61. The van der Waals surface area contributed by atoms with E-state index in [-0.39, 0.29) is 12.1 Å². The zero-order chi connectivity index (χ0) is 14.7. The summed E-state index contributed by atoms with van der Waals surface area (Å²) in [5.74, 6) is -1.74. The van der Waals surface area contributed by atoms with Crippen molar-refractivity contribution in [2.45, 2.75) is 13.5 Å². The summed E-state index contributed by atoms with van der Waals surface area (Å²) >= 11 is 0. The fourth-order valence-electron chi connectivity index (χ4n) is 1.82. The third-order valence-corrected chi connectivity index (χ3v) is 2.91. The van der Waals surface area contributed by atoms with Crippen molar-refractivity contribution in [2.24, 2.45) is 0 Å². The van der Waals surface area contributed by atoms with Crippen molar-refractivity contribution in [3.63, 3.8) is 0 Å². The van der Waals surface area contributed by atoms with E-state index >= 15 is 0 Å². The molecule has 104 valence electrons. The Hall–Kier alpha value is -2.43.